The number of nitro groups is 1. The van der Waals surface area contributed by atoms with Crippen LogP contribution >= 0.6 is 0 Å². The van der Waals surface area contributed by atoms with E-state index in [1.54, 1.807) is 37.4 Å². The van der Waals surface area contributed by atoms with Crippen LogP contribution < -0.4 is 15.0 Å². The molecule has 0 aliphatic rings. The quantitative estimate of drug-likeness (QED) is 0.475. The Bertz CT molecular complexity index is 1070. The Labute approximate surface area is 172 Å². The number of ether oxygens (including phenoxy) is 1. The predicted octanol–water partition coefficient (Wildman–Crippen LogP) is 3.89. The molecule has 0 radical (unpaired) electrons. The first-order valence-corrected chi connectivity index (χ1v) is 9.05. The maximum Gasteiger partial charge on any atom is 0.310 e. The van der Waals surface area contributed by atoms with E-state index in [0.717, 1.165) is 5.69 Å². The molecule has 0 aliphatic heterocycles. The third kappa shape index (κ3) is 4.99. The summed E-state index contributed by atoms with van der Waals surface area (Å²) in [4.78, 5) is 36.9. The summed E-state index contributed by atoms with van der Waals surface area (Å²) in [5.74, 6) is -0.728. The van der Waals surface area contributed by atoms with Crippen LogP contribution in [0.15, 0.2) is 78.9 Å². The van der Waals surface area contributed by atoms with Gasteiger partial charge in [-0.15, -0.1) is 0 Å². The van der Waals surface area contributed by atoms with Gasteiger partial charge in [-0.2, -0.15) is 0 Å². The molecular weight excluding hydrogens is 386 g/mol. The van der Waals surface area contributed by atoms with Crippen LogP contribution in [0.2, 0.25) is 0 Å². The number of benzene rings is 3. The first kappa shape index (κ1) is 20.5. The minimum Gasteiger partial charge on any atom is -0.477 e. The Balaban J connectivity index is 1.64. The molecule has 0 bridgehead atoms. The van der Waals surface area contributed by atoms with Crippen LogP contribution in [0, 0.1) is 10.1 Å². The van der Waals surface area contributed by atoms with Crippen molar-refractivity contribution in [1.82, 2.24) is 0 Å². The van der Waals surface area contributed by atoms with E-state index in [9.17, 15) is 19.7 Å². The lowest BCUT2D eigenvalue weighted by Crippen LogP contribution is -2.26. The molecule has 8 nitrogen and oxygen atoms in total. The van der Waals surface area contributed by atoms with E-state index in [2.05, 4.69) is 5.32 Å². The third-order valence-corrected chi connectivity index (χ3v) is 4.26. The number of carbonyl (C=O) groups excluding carboxylic acids is 2. The maximum atomic E-state index is 12.7. The lowest BCUT2D eigenvalue weighted by atomic mass is 10.1. The lowest BCUT2D eigenvalue weighted by molar-refractivity contribution is -0.385. The Kier molecular flexibility index (Phi) is 6.39. The SMILES string of the molecule is CN(C(=O)c1cccc(NC(=O)COc2ccccc2[N+](=O)[O-])c1)c1ccccc1. The van der Waals surface area contributed by atoms with Crippen LogP contribution in [-0.2, 0) is 4.79 Å². The number of para-hydroxylation sites is 3. The largest absolute Gasteiger partial charge is 0.477 e. The highest BCUT2D eigenvalue weighted by Gasteiger charge is 2.16. The first-order valence-electron chi connectivity index (χ1n) is 9.05. The average molecular weight is 405 g/mol. The van der Waals surface area contributed by atoms with Crippen LogP contribution in [0.3, 0.4) is 0 Å². The van der Waals surface area contributed by atoms with Crippen molar-refractivity contribution in [2.75, 3.05) is 23.9 Å². The highest BCUT2D eigenvalue weighted by atomic mass is 16.6. The van der Waals surface area contributed by atoms with Gasteiger partial charge >= 0.3 is 5.69 Å². The molecule has 30 heavy (non-hydrogen) atoms. The molecule has 3 aromatic rings. The number of nitro benzene ring substituents is 1. The highest BCUT2D eigenvalue weighted by molar-refractivity contribution is 6.06. The number of hydrogen-bond donors (Lipinski definition) is 1. The van der Waals surface area contributed by atoms with Gasteiger partial charge in [0.15, 0.2) is 12.4 Å². The minimum atomic E-state index is -0.578. The van der Waals surface area contributed by atoms with Gasteiger partial charge in [-0.3, -0.25) is 19.7 Å². The van der Waals surface area contributed by atoms with Crippen LogP contribution in [0.25, 0.3) is 0 Å². The second-order valence-electron chi connectivity index (χ2n) is 6.34. The second-order valence-corrected chi connectivity index (χ2v) is 6.34. The van der Waals surface area contributed by atoms with Crippen molar-refractivity contribution in [3.63, 3.8) is 0 Å². The van der Waals surface area contributed by atoms with Crippen molar-refractivity contribution >= 4 is 28.9 Å². The van der Waals surface area contributed by atoms with E-state index in [1.165, 1.54) is 23.1 Å². The van der Waals surface area contributed by atoms with E-state index in [1.807, 2.05) is 30.3 Å². The molecule has 0 fully saturated rings. The third-order valence-electron chi connectivity index (χ3n) is 4.26. The van der Waals surface area contributed by atoms with Crippen molar-refractivity contribution < 1.29 is 19.2 Å². The normalized spacial score (nSPS) is 10.2. The Morgan fingerprint density at radius 1 is 1.00 bits per heavy atom. The van der Waals surface area contributed by atoms with Crippen LogP contribution in [-0.4, -0.2) is 30.4 Å². The molecule has 0 saturated heterocycles. The van der Waals surface area contributed by atoms with Gasteiger partial charge in [0.05, 0.1) is 4.92 Å². The minimum absolute atomic E-state index is 0.00562. The molecular formula is C22H19N3O5. The smallest absolute Gasteiger partial charge is 0.310 e. The molecule has 3 rings (SSSR count). The highest BCUT2D eigenvalue weighted by Crippen LogP contribution is 2.25. The number of carbonyl (C=O) groups is 2. The van der Waals surface area contributed by atoms with Gasteiger partial charge in [-0.1, -0.05) is 36.4 Å². The summed E-state index contributed by atoms with van der Waals surface area (Å²) in [5, 5.41) is 13.6. The molecule has 0 unspecified atom stereocenters. The lowest BCUT2D eigenvalue weighted by Gasteiger charge is -2.17. The standard InChI is InChI=1S/C22H19N3O5/c1-24(18-10-3-2-4-11-18)22(27)16-8-7-9-17(14-16)23-21(26)15-30-20-13-6-5-12-19(20)25(28)29/h2-14H,15H2,1H3,(H,23,26). The Morgan fingerprint density at radius 3 is 2.43 bits per heavy atom. The summed E-state index contributed by atoms with van der Waals surface area (Å²) in [7, 11) is 1.67. The number of rotatable bonds is 7. The molecule has 0 heterocycles. The summed E-state index contributed by atoms with van der Waals surface area (Å²) < 4.78 is 5.28. The fourth-order valence-electron chi connectivity index (χ4n) is 2.76. The molecule has 1 N–H and O–H groups in total. The molecule has 2 amide bonds. The van der Waals surface area contributed by atoms with Crippen molar-refractivity contribution in [3.05, 3.63) is 94.5 Å². The van der Waals surface area contributed by atoms with E-state index < -0.39 is 17.4 Å². The first-order chi connectivity index (χ1) is 14.5. The molecule has 0 atom stereocenters. The van der Waals surface area contributed by atoms with Crippen molar-refractivity contribution in [2.45, 2.75) is 0 Å². The number of nitrogens with zero attached hydrogens (tertiary/aromatic N) is 2. The Morgan fingerprint density at radius 2 is 1.70 bits per heavy atom. The van der Waals surface area contributed by atoms with E-state index in [4.69, 9.17) is 4.74 Å². The molecule has 8 heteroatoms. The number of hydrogen-bond acceptors (Lipinski definition) is 5. The van der Waals surface area contributed by atoms with Crippen molar-refractivity contribution in [1.29, 1.82) is 0 Å². The monoisotopic (exact) mass is 405 g/mol. The molecule has 0 saturated carbocycles. The molecule has 3 aromatic carbocycles. The topological polar surface area (TPSA) is 102 Å². The van der Waals surface area contributed by atoms with E-state index in [-0.39, 0.29) is 17.3 Å². The fourth-order valence-corrected chi connectivity index (χ4v) is 2.76. The fraction of sp³-hybridized carbons (Fsp3) is 0.0909. The van der Waals surface area contributed by atoms with Crippen LogP contribution in [0.4, 0.5) is 17.1 Å². The number of amides is 2. The van der Waals surface area contributed by atoms with Gasteiger partial charge in [-0.25, -0.2) is 0 Å². The van der Waals surface area contributed by atoms with E-state index >= 15 is 0 Å². The van der Waals surface area contributed by atoms with Gasteiger partial charge in [0, 0.05) is 30.1 Å². The summed E-state index contributed by atoms with van der Waals surface area (Å²) in [6, 6.07) is 21.5. The Hall–Kier alpha value is -4.20. The van der Waals surface area contributed by atoms with Crippen LogP contribution in [0.1, 0.15) is 10.4 Å². The van der Waals surface area contributed by atoms with Gasteiger partial charge in [0.1, 0.15) is 0 Å². The molecule has 152 valence electrons. The summed E-state index contributed by atoms with van der Waals surface area (Å²) in [6.07, 6.45) is 0. The summed E-state index contributed by atoms with van der Waals surface area (Å²) in [5.41, 5.74) is 1.34. The van der Waals surface area contributed by atoms with Gasteiger partial charge in [0.25, 0.3) is 11.8 Å². The predicted molar refractivity (Wildman–Crippen MR) is 113 cm³/mol. The maximum absolute atomic E-state index is 12.7. The molecule has 0 aromatic heterocycles. The average Bonchev–Trinajstić information content (AvgIpc) is 2.77. The van der Waals surface area contributed by atoms with Gasteiger partial charge < -0.3 is 15.0 Å². The van der Waals surface area contributed by atoms with Gasteiger partial charge in [-0.05, 0) is 36.4 Å². The molecule has 0 spiro atoms. The van der Waals surface area contributed by atoms with Crippen molar-refractivity contribution in [2.24, 2.45) is 0 Å². The zero-order chi connectivity index (χ0) is 21.5. The zero-order valence-corrected chi connectivity index (χ0v) is 16.1. The van der Waals surface area contributed by atoms with E-state index in [0.29, 0.717) is 11.3 Å². The van der Waals surface area contributed by atoms with Gasteiger partial charge in [0.2, 0.25) is 0 Å². The van der Waals surface area contributed by atoms with Crippen molar-refractivity contribution in [3.8, 4) is 5.75 Å². The number of nitrogens with one attached hydrogen (secondary N) is 1. The summed E-state index contributed by atoms with van der Waals surface area (Å²) >= 11 is 0. The summed E-state index contributed by atoms with van der Waals surface area (Å²) in [6.45, 7) is -0.410. The van der Waals surface area contributed by atoms with Crippen LogP contribution in [0.5, 0.6) is 5.75 Å². The molecule has 0 aliphatic carbocycles. The zero-order valence-electron chi connectivity index (χ0n) is 16.1. The number of anilines is 2. The second kappa shape index (κ2) is 9.33.